The number of rotatable bonds is 7. The van der Waals surface area contributed by atoms with Crippen LogP contribution in [-0.2, 0) is 19.4 Å². The highest BCUT2D eigenvalue weighted by molar-refractivity contribution is 7.13. The van der Waals surface area contributed by atoms with E-state index in [9.17, 15) is 0 Å². The molecule has 0 aromatic carbocycles. The minimum atomic E-state index is 0.562. The van der Waals surface area contributed by atoms with Crippen LogP contribution in [0.1, 0.15) is 18.0 Å². The Hall–Kier alpha value is -1.73. The number of hydrogen-bond acceptors (Lipinski definition) is 6. The van der Waals surface area contributed by atoms with E-state index in [1.54, 1.807) is 11.3 Å². The molecule has 0 aliphatic carbocycles. The minimum Gasteiger partial charge on any atom is -0.339 e. The molecule has 0 radical (unpaired) electrons. The highest BCUT2D eigenvalue weighted by atomic mass is 35.5. The van der Waals surface area contributed by atoms with Crippen molar-refractivity contribution in [3.05, 3.63) is 35.3 Å². The van der Waals surface area contributed by atoms with E-state index in [0.29, 0.717) is 17.6 Å². The van der Waals surface area contributed by atoms with E-state index in [1.165, 1.54) is 0 Å². The molecule has 0 N–H and O–H groups in total. The highest BCUT2D eigenvalue weighted by Crippen LogP contribution is 2.21. The number of thiophene rings is 1. The first-order chi connectivity index (χ1) is 10.3. The van der Waals surface area contributed by atoms with Crippen LogP contribution in [0.2, 0.25) is 0 Å². The number of alkyl halides is 1. The lowest BCUT2D eigenvalue weighted by atomic mass is 10.3. The van der Waals surface area contributed by atoms with Gasteiger partial charge in [-0.1, -0.05) is 16.4 Å². The van der Waals surface area contributed by atoms with Crippen LogP contribution in [-0.4, -0.2) is 31.0 Å². The van der Waals surface area contributed by atoms with Crippen LogP contribution in [0.5, 0.6) is 0 Å². The maximum atomic E-state index is 5.67. The maximum absolute atomic E-state index is 5.67. The molecule has 0 aliphatic heterocycles. The number of aryl methyl sites for hydroxylation is 3. The Morgan fingerprint density at radius 3 is 3.10 bits per heavy atom. The van der Waals surface area contributed by atoms with Gasteiger partial charge in [-0.2, -0.15) is 4.98 Å². The highest BCUT2D eigenvalue weighted by Gasteiger charge is 2.09. The van der Waals surface area contributed by atoms with Crippen LogP contribution in [0.25, 0.3) is 10.7 Å². The summed E-state index contributed by atoms with van der Waals surface area (Å²) in [4.78, 5) is 5.41. The second-order valence-corrected chi connectivity index (χ2v) is 5.83. The molecule has 8 heteroatoms. The Morgan fingerprint density at radius 1 is 1.33 bits per heavy atom. The molecule has 0 spiro atoms. The second-order valence-electron chi connectivity index (χ2n) is 4.50. The van der Waals surface area contributed by atoms with Crippen LogP contribution in [0.3, 0.4) is 0 Å². The van der Waals surface area contributed by atoms with E-state index in [4.69, 9.17) is 16.1 Å². The fourth-order valence-corrected chi connectivity index (χ4v) is 2.76. The molecular formula is C13H14ClN5OS. The SMILES string of the molecule is ClCCc1cn(CCCc2nc(-c3cccs3)no2)nn1. The summed E-state index contributed by atoms with van der Waals surface area (Å²) in [6.45, 7) is 0.770. The van der Waals surface area contributed by atoms with Gasteiger partial charge in [0.15, 0.2) is 0 Å². The van der Waals surface area contributed by atoms with Gasteiger partial charge in [0.05, 0.1) is 10.6 Å². The maximum Gasteiger partial charge on any atom is 0.227 e. The van der Waals surface area contributed by atoms with Crippen molar-refractivity contribution >= 4 is 22.9 Å². The van der Waals surface area contributed by atoms with Crippen molar-refractivity contribution < 1.29 is 4.52 Å². The molecule has 3 aromatic heterocycles. The van der Waals surface area contributed by atoms with Gasteiger partial charge >= 0.3 is 0 Å². The molecule has 6 nitrogen and oxygen atoms in total. The first-order valence-electron chi connectivity index (χ1n) is 6.66. The van der Waals surface area contributed by atoms with Gasteiger partial charge in [0.1, 0.15) is 0 Å². The van der Waals surface area contributed by atoms with Gasteiger partial charge in [-0.15, -0.1) is 28.0 Å². The summed E-state index contributed by atoms with van der Waals surface area (Å²) in [6.07, 6.45) is 4.27. The van der Waals surface area contributed by atoms with Crippen LogP contribution in [0.4, 0.5) is 0 Å². The predicted octanol–water partition coefficient (Wildman–Crippen LogP) is 2.80. The lowest BCUT2D eigenvalue weighted by Gasteiger charge is -1.96. The van der Waals surface area contributed by atoms with Crippen LogP contribution in [0, 0.1) is 0 Å². The molecule has 0 bridgehead atoms. The third-order valence-corrected chi connectivity index (χ3v) is 3.98. The normalized spacial score (nSPS) is 11.1. The lowest BCUT2D eigenvalue weighted by molar-refractivity contribution is 0.371. The van der Waals surface area contributed by atoms with Crippen LogP contribution >= 0.6 is 22.9 Å². The fraction of sp³-hybridized carbons (Fsp3) is 0.385. The van der Waals surface area contributed by atoms with Gasteiger partial charge < -0.3 is 4.52 Å². The second kappa shape index (κ2) is 6.82. The first-order valence-corrected chi connectivity index (χ1v) is 8.08. The number of aromatic nitrogens is 5. The Bertz CT molecular complexity index is 678. The number of nitrogens with zero attached hydrogens (tertiary/aromatic N) is 5. The van der Waals surface area contributed by atoms with Crippen molar-refractivity contribution in [1.82, 2.24) is 25.1 Å². The molecule has 0 fully saturated rings. The summed E-state index contributed by atoms with van der Waals surface area (Å²) in [5.41, 5.74) is 0.919. The standard InChI is InChI=1S/C13H14ClN5OS/c14-6-5-10-9-19(18-16-10)7-1-4-12-15-13(17-20-12)11-3-2-8-21-11/h2-3,8-9H,1,4-7H2. The summed E-state index contributed by atoms with van der Waals surface area (Å²) in [5.74, 6) is 1.87. The summed E-state index contributed by atoms with van der Waals surface area (Å²) in [5, 5.41) is 14.1. The van der Waals surface area contributed by atoms with Gasteiger partial charge in [0.2, 0.25) is 11.7 Å². The molecule has 0 amide bonds. The Balaban J connectivity index is 1.51. The molecule has 3 aromatic rings. The first kappa shape index (κ1) is 14.2. The van der Waals surface area contributed by atoms with Crippen LogP contribution in [0.15, 0.2) is 28.2 Å². The van der Waals surface area contributed by atoms with Crippen molar-refractivity contribution in [2.75, 3.05) is 5.88 Å². The predicted molar refractivity (Wildman–Crippen MR) is 80.4 cm³/mol. The van der Waals surface area contributed by atoms with Crippen LogP contribution < -0.4 is 0 Å². The molecule has 0 unspecified atom stereocenters. The van der Waals surface area contributed by atoms with E-state index in [0.717, 1.165) is 36.4 Å². The van der Waals surface area contributed by atoms with Gasteiger partial charge in [-0.3, -0.25) is 4.68 Å². The molecule has 21 heavy (non-hydrogen) atoms. The molecular weight excluding hydrogens is 310 g/mol. The molecule has 0 atom stereocenters. The summed E-state index contributed by atoms with van der Waals surface area (Å²) in [6, 6.07) is 3.95. The zero-order chi connectivity index (χ0) is 14.5. The average Bonchev–Trinajstić information content (AvgIpc) is 3.20. The summed E-state index contributed by atoms with van der Waals surface area (Å²) < 4.78 is 7.07. The lowest BCUT2D eigenvalue weighted by Crippen LogP contribution is -2.00. The zero-order valence-electron chi connectivity index (χ0n) is 11.3. The van der Waals surface area contributed by atoms with E-state index in [-0.39, 0.29) is 0 Å². The topological polar surface area (TPSA) is 69.6 Å². The molecule has 3 rings (SSSR count). The van der Waals surface area contributed by atoms with Crippen molar-refractivity contribution in [2.24, 2.45) is 0 Å². The van der Waals surface area contributed by atoms with Crippen molar-refractivity contribution in [3.63, 3.8) is 0 Å². The molecule has 0 saturated heterocycles. The van der Waals surface area contributed by atoms with Crippen molar-refractivity contribution in [1.29, 1.82) is 0 Å². The average molecular weight is 324 g/mol. The van der Waals surface area contributed by atoms with Gasteiger partial charge in [-0.25, -0.2) is 0 Å². The van der Waals surface area contributed by atoms with Crippen molar-refractivity contribution in [3.8, 4) is 10.7 Å². The monoisotopic (exact) mass is 323 g/mol. The third kappa shape index (κ3) is 3.68. The fourth-order valence-electron chi connectivity index (χ4n) is 1.91. The Morgan fingerprint density at radius 2 is 2.29 bits per heavy atom. The van der Waals surface area contributed by atoms with Crippen molar-refractivity contribution in [2.45, 2.75) is 25.8 Å². The Kier molecular flexibility index (Phi) is 4.62. The number of hydrogen-bond donors (Lipinski definition) is 0. The summed E-state index contributed by atoms with van der Waals surface area (Å²) in [7, 11) is 0. The van der Waals surface area contributed by atoms with Gasteiger partial charge in [0.25, 0.3) is 0 Å². The smallest absolute Gasteiger partial charge is 0.227 e. The molecule has 0 saturated carbocycles. The molecule has 3 heterocycles. The largest absolute Gasteiger partial charge is 0.339 e. The van der Waals surface area contributed by atoms with E-state index in [2.05, 4.69) is 20.5 Å². The van der Waals surface area contributed by atoms with Gasteiger partial charge in [-0.05, 0) is 17.9 Å². The molecule has 110 valence electrons. The Labute approximate surface area is 130 Å². The zero-order valence-corrected chi connectivity index (χ0v) is 12.8. The minimum absolute atomic E-state index is 0.562. The van der Waals surface area contributed by atoms with E-state index in [1.807, 2.05) is 28.4 Å². The number of halogens is 1. The summed E-state index contributed by atoms with van der Waals surface area (Å²) >= 11 is 7.27. The quantitative estimate of drug-likeness (QED) is 0.625. The third-order valence-electron chi connectivity index (χ3n) is 2.92. The van der Waals surface area contributed by atoms with E-state index >= 15 is 0 Å². The van der Waals surface area contributed by atoms with Gasteiger partial charge in [0, 0.05) is 31.5 Å². The van der Waals surface area contributed by atoms with E-state index < -0.39 is 0 Å². The molecule has 0 aliphatic rings.